The average molecular weight is 462 g/mol. The Kier molecular flexibility index (Phi) is 7.06. The lowest BCUT2D eigenvalue weighted by molar-refractivity contribution is -0.147. The standard InChI is InChI=1S/C26H27N3O5/c30-22(31)16-29(26(34)24(32)20-15-27-21-14-8-7-13-19(20)21)23(17-9-3-1-4-10-17)25(33)28-18-11-5-2-6-12-18/h2,5-8,11-15,17,23,27H,1,3-4,9-10,16H2,(H,28,33)(H,30,31). The van der Waals surface area contributed by atoms with E-state index in [9.17, 15) is 24.3 Å². The van der Waals surface area contributed by atoms with Crippen LogP contribution in [0.3, 0.4) is 0 Å². The Balaban J connectivity index is 1.69. The van der Waals surface area contributed by atoms with Gasteiger partial charge in [-0.2, -0.15) is 0 Å². The number of carboxylic acids is 1. The minimum atomic E-state index is -1.28. The summed E-state index contributed by atoms with van der Waals surface area (Å²) in [5, 5.41) is 13.0. The topological polar surface area (TPSA) is 120 Å². The van der Waals surface area contributed by atoms with Gasteiger partial charge in [0.05, 0.1) is 5.56 Å². The minimum absolute atomic E-state index is 0.154. The lowest BCUT2D eigenvalue weighted by atomic mass is 9.82. The highest BCUT2D eigenvalue weighted by molar-refractivity contribution is 6.45. The first-order valence-electron chi connectivity index (χ1n) is 11.4. The number of aromatic nitrogens is 1. The maximum absolute atomic E-state index is 13.5. The number of hydrogen-bond acceptors (Lipinski definition) is 4. The van der Waals surface area contributed by atoms with E-state index < -0.39 is 36.2 Å². The van der Waals surface area contributed by atoms with Crippen molar-refractivity contribution in [3.05, 3.63) is 66.4 Å². The summed E-state index contributed by atoms with van der Waals surface area (Å²) in [6.07, 6.45) is 5.58. The van der Waals surface area contributed by atoms with Gasteiger partial charge in [-0.1, -0.05) is 55.7 Å². The summed E-state index contributed by atoms with van der Waals surface area (Å²) < 4.78 is 0. The van der Waals surface area contributed by atoms with Crippen LogP contribution in [0.15, 0.2) is 60.8 Å². The zero-order chi connectivity index (χ0) is 24.1. The molecule has 0 saturated heterocycles. The quantitative estimate of drug-likeness (QED) is 0.348. The third kappa shape index (κ3) is 5.01. The SMILES string of the molecule is O=C(O)CN(C(=O)C(=O)c1c[nH]c2ccccc12)C(C(=O)Nc1ccccc1)C1CCCCC1. The molecule has 2 aromatic carbocycles. The first-order chi connectivity index (χ1) is 16.5. The third-order valence-electron chi connectivity index (χ3n) is 6.34. The second-order valence-electron chi connectivity index (χ2n) is 8.60. The van der Waals surface area contributed by atoms with Crippen LogP contribution >= 0.6 is 0 Å². The van der Waals surface area contributed by atoms with Crippen LogP contribution in [-0.2, 0) is 14.4 Å². The molecule has 0 spiro atoms. The monoisotopic (exact) mass is 461 g/mol. The number of aliphatic carboxylic acids is 1. The fourth-order valence-corrected chi connectivity index (χ4v) is 4.74. The molecule has 4 rings (SSSR count). The molecule has 8 heteroatoms. The van der Waals surface area contributed by atoms with Crippen LogP contribution in [0.2, 0.25) is 0 Å². The minimum Gasteiger partial charge on any atom is -0.480 e. The van der Waals surface area contributed by atoms with E-state index in [4.69, 9.17) is 0 Å². The van der Waals surface area contributed by atoms with Gasteiger partial charge < -0.3 is 20.3 Å². The first kappa shape index (κ1) is 23.2. The molecule has 2 amide bonds. The highest BCUT2D eigenvalue weighted by Gasteiger charge is 2.40. The molecule has 0 radical (unpaired) electrons. The fourth-order valence-electron chi connectivity index (χ4n) is 4.74. The van der Waals surface area contributed by atoms with Crippen molar-refractivity contribution in [3.63, 3.8) is 0 Å². The number of nitrogens with zero attached hydrogens (tertiary/aromatic N) is 1. The molecule has 1 aliphatic rings. The Morgan fingerprint density at radius 3 is 2.35 bits per heavy atom. The van der Waals surface area contributed by atoms with Crippen molar-refractivity contribution >= 4 is 40.2 Å². The molecule has 8 nitrogen and oxygen atoms in total. The van der Waals surface area contributed by atoms with E-state index in [2.05, 4.69) is 10.3 Å². The van der Waals surface area contributed by atoms with Crippen molar-refractivity contribution in [3.8, 4) is 0 Å². The predicted octanol–water partition coefficient (Wildman–Crippen LogP) is 3.85. The summed E-state index contributed by atoms with van der Waals surface area (Å²) in [6.45, 7) is -0.740. The van der Waals surface area contributed by atoms with E-state index in [1.165, 1.54) is 6.20 Å². The maximum atomic E-state index is 13.5. The summed E-state index contributed by atoms with van der Waals surface area (Å²) in [7, 11) is 0. The van der Waals surface area contributed by atoms with Gasteiger partial charge in [-0.25, -0.2) is 0 Å². The lowest BCUT2D eigenvalue weighted by Gasteiger charge is -2.36. The van der Waals surface area contributed by atoms with E-state index >= 15 is 0 Å². The van der Waals surface area contributed by atoms with Gasteiger partial charge in [0.25, 0.3) is 11.7 Å². The number of anilines is 1. The van der Waals surface area contributed by atoms with Gasteiger partial charge >= 0.3 is 5.97 Å². The number of carbonyl (C=O) groups excluding carboxylic acids is 3. The number of H-pyrrole nitrogens is 1. The Morgan fingerprint density at radius 1 is 0.971 bits per heavy atom. The third-order valence-corrected chi connectivity index (χ3v) is 6.34. The highest BCUT2D eigenvalue weighted by Crippen LogP contribution is 2.31. The lowest BCUT2D eigenvalue weighted by Crippen LogP contribution is -2.55. The van der Waals surface area contributed by atoms with Gasteiger partial charge in [-0.15, -0.1) is 0 Å². The Hall–Kier alpha value is -3.94. The van der Waals surface area contributed by atoms with Crippen LogP contribution in [0.25, 0.3) is 10.9 Å². The zero-order valence-corrected chi connectivity index (χ0v) is 18.7. The van der Waals surface area contributed by atoms with Crippen LogP contribution in [0.5, 0.6) is 0 Å². The summed E-state index contributed by atoms with van der Waals surface area (Å²) >= 11 is 0. The van der Waals surface area contributed by atoms with Crippen molar-refractivity contribution in [2.45, 2.75) is 38.1 Å². The van der Waals surface area contributed by atoms with Crippen LogP contribution < -0.4 is 5.32 Å². The fraction of sp³-hybridized carbons (Fsp3) is 0.308. The highest BCUT2D eigenvalue weighted by atomic mass is 16.4. The second kappa shape index (κ2) is 10.3. The van der Waals surface area contributed by atoms with Crippen LogP contribution in [0, 0.1) is 5.92 Å². The number of aromatic amines is 1. The number of amides is 2. The van der Waals surface area contributed by atoms with E-state index in [-0.39, 0.29) is 11.5 Å². The molecule has 1 aliphatic carbocycles. The van der Waals surface area contributed by atoms with Crippen molar-refractivity contribution < 1.29 is 24.3 Å². The van der Waals surface area contributed by atoms with Gasteiger partial charge in [0.15, 0.2) is 0 Å². The number of ketones is 1. The molecular weight excluding hydrogens is 434 g/mol. The van der Waals surface area contributed by atoms with Crippen molar-refractivity contribution in [2.24, 2.45) is 5.92 Å². The molecule has 34 heavy (non-hydrogen) atoms. The van der Waals surface area contributed by atoms with Gasteiger partial charge in [0.2, 0.25) is 5.91 Å². The largest absolute Gasteiger partial charge is 0.480 e. The zero-order valence-electron chi connectivity index (χ0n) is 18.7. The number of rotatable bonds is 8. The van der Waals surface area contributed by atoms with Crippen molar-refractivity contribution in [1.29, 1.82) is 0 Å². The van der Waals surface area contributed by atoms with Crippen molar-refractivity contribution in [2.75, 3.05) is 11.9 Å². The summed E-state index contributed by atoms with van der Waals surface area (Å²) in [6, 6.07) is 14.8. The smallest absolute Gasteiger partial charge is 0.323 e. The van der Waals surface area contributed by atoms with Crippen LogP contribution in [-0.4, -0.2) is 51.1 Å². The van der Waals surface area contributed by atoms with Crippen LogP contribution in [0.1, 0.15) is 42.5 Å². The molecule has 3 N–H and O–H groups in total. The normalized spacial score (nSPS) is 14.9. The molecule has 1 aromatic heterocycles. The number of Topliss-reactive ketones (excluding diaryl/α,β-unsaturated/α-hetero) is 1. The number of nitrogens with one attached hydrogen (secondary N) is 2. The number of benzene rings is 2. The van der Waals surface area contributed by atoms with Gasteiger partial charge in [0, 0.05) is 22.8 Å². The molecule has 1 fully saturated rings. The van der Waals surface area contributed by atoms with Gasteiger partial charge in [0.1, 0.15) is 12.6 Å². The van der Waals surface area contributed by atoms with E-state index in [0.717, 1.165) is 24.2 Å². The van der Waals surface area contributed by atoms with Crippen LogP contribution in [0.4, 0.5) is 5.69 Å². The molecular formula is C26H27N3O5. The Labute approximate surface area is 197 Å². The van der Waals surface area contributed by atoms with E-state index in [0.29, 0.717) is 29.4 Å². The molecule has 0 aliphatic heterocycles. The Morgan fingerprint density at radius 2 is 1.65 bits per heavy atom. The predicted molar refractivity (Wildman–Crippen MR) is 127 cm³/mol. The van der Waals surface area contributed by atoms with E-state index in [1.54, 1.807) is 48.5 Å². The number of carbonyl (C=O) groups is 4. The molecule has 0 bridgehead atoms. The average Bonchev–Trinajstić information content (AvgIpc) is 3.28. The molecule has 176 valence electrons. The maximum Gasteiger partial charge on any atom is 0.323 e. The molecule has 3 aromatic rings. The van der Waals surface area contributed by atoms with Gasteiger partial charge in [-0.3, -0.25) is 19.2 Å². The Bertz CT molecular complexity index is 1200. The molecule has 1 saturated carbocycles. The number of fused-ring (bicyclic) bond motifs is 1. The summed E-state index contributed by atoms with van der Waals surface area (Å²) in [5.41, 5.74) is 1.38. The number of para-hydroxylation sites is 2. The molecule has 1 heterocycles. The number of hydrogen-bond donors (Lipinski definition) is 3. The summed E-state index contributed by atoms with van der Waals surface area (Å²) in [5.74, 6) is -3.85. The van der Waals surface area contributed by atoms with Gasteiger partial charge in [-0.05, 0) is 37.0 Å². The van der Waals surface area contributed by atoms with Crippen molar-refractivity contribution in [1.82, 2.24) is 9.88 Å². The second-order valence-corrected chi connectivity index (χ2v) is 8.60. The molecule has 1 unspecified atom stereocenters. The number of carboxylic acid groups (broad SMARTS) is 1. The molecule has 1 atom stereocenters. The van der Waals surface area contributed by atoms with E-state index in [1.807, 2.05) is 6.07 Å². The first-order valence-corrected chi connectivity index (χ1v) is 11.4. The summed E-state index contributed by atoms with van der Waals surface area (Å²) in [4.78, 5) is 55.9.